The topological polar surface area (TPSA) is 39.2 Å². The summed E-state index contributed by atoms with van der Waals surface area (Å²) in [5, 5.41) is 0. The van der Waals surface area contributed by atoms with Gasteiger partial charge in [-0.25, -0.2) is 4.98 Å². The maximum Gasteiger partial charge on any atom is 0.224 e. The zero-order chi connectivity index (χ0) is 13.0. The molecular formula is C15H15NO2. The molecule has 0 N–H and O–H groups in total. The Labute approximate surface area is 106 Å². The van der Waals surface area contributed by atoms with Crippen LogP contribution in [0, 0.1) is 6.92 Å². The number of ketones is 1. The van der Waals surface area contributed by atoms with Gasteiger partial charge in [0.25, 0.3) is 0 Å². The van der Waals surface area contributed by atoms with Crippen molar-refractivity contribution in [2.45, 2.75) is 20.5 Å². The first-order valence-corrected chi connectivity index (χ1v) is 5.82. The van der Waals surface area contributed by atoms with E-state index in [0.29, 0.717) is 18.1 Å². The summed E-state index contributed by atoms with van der Waals surface area (Å²) in [6, 6.07) is 13.4. The number of pyridine rings is 1. The number of Topliss-reactive ketones (excluding diaryl/α,β-unsaturated/α-hetero) is 1. The molecule has 0 saturated heterocycles. The highest BCUT2D eigenvalue weighted by Gasteiger charge is 2.10. The fourth-order valence-corrected chi connectivity index (χ4v) is 1.64. The summed E-state index contributed by atoms with van der Waals surface area (Å²) in [5.41, 5.74) is 2.41. The Bertz CT molecular complexity index is 550. The van der Waals surface area contributed by atoms with E-state index in [-0.39, 0.29) is 5.78 Å². The standard InChI is InChI=1S/C15H15NO2/c1-11-8-9-14(12(2)17)15(16-11)18-10-13-6-4-3-5-7-13/h3-9H,10H2,1-2H3. The highest BCUT2D eigenvalue weighted by Crippen LogP contribution is 2.18. The number of nitrogens with zero attached hydrogens (tertiary/aromatic N) is 1. The third-order valence-corrected chi connectivity index (χ3v) is 2.60. The molecule has 0 unspecified atom stereocenters. The van der Waals surface area contributed by atoms with Gasteiger partial charge in [-0.3, -0.25) is 4.79 Å². The van der Waals surface area contributed by atoms with Crippen molar-refractivity contribution in [3.63, 3.8) is 0 Å². The summed E-state index contributed by atoms with van der Waals surface area (Å²) in [7, 11) is 0. The van der Waals surface area contributed by atoms with Gasteiger partial charge in [-0.1, -0.05) is 30.3 Å². The summed E-state index contributed by atoms with van der Waals surface area (Å²) in [4.78, 5) is 15.7. The van der Waals surface area contributed by atoms with Crippen LogP contribution in [0.5, 0.6) is 5.88 Å². The molecule has 0 radical (unpaired) electrons. The van der Waals surface area contributed by atoms with Gasteiger partial charge >= 0.3 is 0 Å². The molecule has 0 aliphatic carbocycles. The maximum atomic E-state index is 11.5. The minimum absolute atomic E-state index is 0.0365. The van der Waals surface area contributed by atoms with E-state index in [1.54, 1.807) is 6.07 Å². The van der Waals surface area contributed by atoms with Crippen molar-refractivity contribution < 1.29 is 9.53 Å². The number of hydrogen-bond acceptors (Lipinski definition) is 3. The van der Waals surface area contributed by atoms with Gasteiger partial charge in [0.2, 0.25) is 5.88 Å². The van der Waals surface area contributed by atoms with Gasteiger partial charge in [0.1, 0.15) is 6.61 Å². The number of rotatable bonds is 4. The molecule has 0 atom stereocenters. The second kappa shape index (κ2) is 5.45. The number of benzene rings is 1. The number of hydrogen-bond donors (Lipinski definition) is 0. The monoisotopic (exact) mass is 241 g/mol. The van der Waals surface area contributed by atoms with E-state index in [0.717, 1.165) is 11.3 Å². The molecule has 3 nitrogen and oxygen atoms in total. The van der Waals surface area contributed by atoms with Gasteiger partial charge in [0.05, 0.1) is 5.56 Å². The van der Waals surface area contributed by atoms with Crippen LogP contribution in [0.1, 0.15) is 28.5 Å². The van der Waals surface area contributed by atoms with Crippen molar-refractivity contribution in [1.82, 2.24) is 4.98 Å². The Balaban J connectivity index is 2.18. The van der Waals surface area contributed by atoms with E-state index in [1.165, 1.54) is 6.92 Å². The molecule has 2 aromatic rings. The molecule has 92 valence electrons. The molecule has 2 rings (SSSR count). The van der Waals surface area contributed by atoms with Crippen LogP contribution >= 0.6 is 0 Å². The normalized spacial score (nSPS) is 10.1. The predicted molar refractivity (Wildman–Crippen MR) is 69.8 cm³/mol. The Hall–Kier alpha value is -2.16. The molecule has 1 aromatic heterocycles. The second-order valence-electron chi connectivity index (χ2n) is 4.14. The average molecular weight is 241 g/mol. The average Bonchev–Trinajstić information content (AvgIpc) is 2.37. The first kappa shape index (κ1) is 12.3. The molecule has 0 fully saturated rings. The number of carbonyl (C=O) groups is 1. The van der Waals surface area contributed by atoms with Crippen molar-refractivity contribution in [2.75, 3.05) is 0 Å². The van der Waals surface area contributed by atoms with E-state index in [9.17, 15) is 4.79 Å². The molecule has 3 heteroatoms. The van der Waals surface area contributed by atoms with Crippen LogP contribution in [0.2, 0.25) is 0 Å². The molecule has 0 aliphatic heterocycles. The van der Waals surface area contributed by atoms with Crippen LogP contribution in [0.4, 0.5) is 0 Å². The van der Waals surface area contributed by atoms with Gasteiger partial charge in [0, 0.05) is 5.69 Å². The number of carbonyl (C=O) groups excluding carboxylic acids is 1. The predicted octanol–water partition coefficient (Wildman–Crippen LogP) is 3.17. The molecule has 0 bridgehead atoms. The third kappa shape index (κ3) is 2.94. The largest absolute Gasteiger partial charge is 0.472 e. The first-order chi connectivity index (χ1) is 8.66. The molecular weight excluding hydrogens is 226 g/mol. The van der Waals surface area contributed by atoms with Crippen LogP contribution in [0.25, 0.3) is 0 Å². The van der Waals surface area contributed by atoms with E-state index in [1.807, 2.05) is 43.3 Å². The Morgan fingerprint density at radius 3 is 2.56 bits per heavy atom. The highest BCUT2D eigenvalue weighted by atomic mass is 16.5. The van der Waals surface area contributed by atoms with Crippen LogP contribution < -0.4 is 4.74 Å². The molecule has 0 spiro atoms. The van der Waals surface area contributed by atoms with Crippen molar-refractivity contribution in [3.8, 4) is 5.88 Å². The molecule has 0 saturated carbocycles. The Morgan fingerprint density at radius 1 is 1.17 bits per heavy atom. The summed E-state index contributed by atoms with van der Waals surface area (Å²) in [6.45, 7) is 3.80. The van der Waals surface area contributed by atoms with Crippen LogP contribution in [-0.4, -0.2) is 10.8 Å². The van der Waals surface area contributed by atoms with Crippen molar-refractivity contribution >= 4 is 5.78 Å². The van der Waals surface area contributed by atoms with Gasteiger partial charge in [-0.05, 0) is 31.5 Å². The summed E-state index contributed by atoms with van der Waals surface area (Å²) in [5.74, 6) is 0.372. The van der Waals surface area contributed by atoms with Crippen LogP contribution in [0.3, 0.4) is 0 Å². The second-order valence-corrected chi connectivity index (χ2v) is 4.14. The molecule has 18 heavy (non-hydrogen) atoms. The van der Waals surface area contributed by atoms with Crippen LogP contribution in [-0.2, 0) is 6.61 Å². The first-order valence-electron chi connectivity index (χ1n) is 5.82. The van der Waals surface area contributed by atoms with Crippen molar-refractivity contribution in [3.05, 3.63) is 59.3 Å². The number of aryl methyl sites for hydroxylation is 1. The SMILES string of the molecule is CC(=O)c1ccc(C)nc1OCc1ccccc1. The van der Waals surface area contributed by atoms with Crippen LogP contribution in [0.15, 0.2) is 42.5 Å². The molecule has 0 amide bonds. The van der Waals surface area contributed by atoms with Crippen molar-refractivity contribution in [2.24, 2.45) is 0 Å². The maximum absolute atomic E-state index is 11.5. The smallest absolute Gasteiger partial charge is 0.224 e. The zero-order valence-electron chi connectivity index (χ0n) is 10.5. The fraction of sp³-hybridized carbons (Fsp3) is 0.200. The summed E-state index contributed by atoms with van der Waals surface area (Å²) >= 11 is 0. The van der Waals surface area contributed by atoms with E-state index >= 15 is 0 Å². The quantitative estimate of drug-likeness (QED) is 0.772. The fourth-order valence-electron chi connectivity index (χ4n) is 1.64. The number of aromatic nitrogens is 1. The summed E-state index contributed by atoms with van der Waals surface area (Å²) < 4.78 is 5.63. The van der Waals surface area contributed by atoms with Crippen molar-refractivity contribution in [1.29, 1.82) is 0 Å². The molecule has 1 aromatic carbocycles. The lowest BCUT2D eigenvalue weighted by molar-refractivity contribution is 0.101. The van der Waals surface area contributed by atoms with Gasteiger partial charge < -0.3 is 4.74 Å². The van der Waals surface area contributed by atoms with E-state index in [4.69, 9.17) is 4.74 Å². The summed E-state index contributed by atoms with van der Waals surface area (Å²) in [6.07, 6.45) is 0. The van der Waals surface area contributed by atoms with Gasteiger partial charge in [-0.15, -0.1) is 0 Å². The zero-order valence-corrected chi connectivity index (χ0v) is 10.5. The van der Waals surface area contributed by atoms with Gasteiger partial charge in [-0.2, -0.15) is 0 Å². The van der Waals surface area contributed by atoms with Gasteiger partial charge in [0.15, 0.2) is 5.78 Å². The number of ether oxygens (including phenoxy) is 1. The lowest BCUT2D eigenvalue weighted by Gasteiger charge is -2.09. The minimum atomic E-state index is -0.0365. The lowest BCUT2D eigenvalue weighted by atomic mass is 10.2. The Kier molecular flexibility index (Phi) is 3.72. The lowest BCUT2D eigenvalue weighted by Crippen LogP contribution is -2.04. The highest BCUT2D eigenvalue weighted by molar-refractivity contribution is 5.96. The van der Waals surface area contributed by atoms with E-state index in [2.05, 4.69) is 4.98 Å². The molecule has 1 heterocycles. The third-order valence-electron chi connectivity index (χ3n) is 2.60. The Morgan fingerprint density at radius 2 is 1.89 bits per heavy atom. The molecule has 0 aliphatic rings. The minimum Gasteiger partial charge on any atom is -0.472 e. The van der Waals surface area contributed by atoms with E-state index < -0.39 is 0 Å².